The average molecular weight is 337 g/mol. The van der Waals surface area contributed by atoms with Crippen LogP contribution in [0, 0.1) is 5.82 Å². The number of primary amides is 1. The van der Waals surface area contributed by atoms with Crippen LogP contribution in [0.15, 0.2) is 23.1 Å². The number of amides is 1. The van der Waals surface area contributed by atoms with Gasteiger partial charge in [-0.05, 0) is 25.0 Å². The summed E-state index contributed by atoms with van der Waals surface area (Å²) in [5, 5.41) is 9.73. The van der Waals surface area contributed by atoms with Crippen LogP contribution in [-0.4, -0.2) is 42.4 Å². The lowest BCUT2D eigenvalue weighted by Crippen LogP contribution is -2.57. The molecule has 3 N–H and O–H groups in total. The number of nitrogens with zero attached hydrogens (tertiary/aromatic N) is 1. The van der Waals surface area contributed by atoms with Crippen LogP contribution in [0.5, 0.6) is 0 Å². The van der Waals surface area contributed by atoms with Crippen molar-refractivity contribution >= 4 is 27.5 Å². The van der Waals surface area contributed by atoms with Crippen molar-refractivity contribution in [3.63, 3.8) is 0 Å². The van der Waals surface area contributed by atoms with E-state index in [-0.39, 0.29) is 24.4 Å². The Morgan fingerprint density at radius 3 is 2.76 bits per heavy atom. The van der Waals surface area contributed by atoms with Crippen molar-refractivity contribution in [3.05, 3.63) is 29.0 Å². The zero-order valence-corrected chi connectivity index (χ0v) is 12.5. The van der Waals surface area contributed by atoms with E-state index in [1.807, 2.05) is 0 Å². The number of β-amino-alcohol motifs (C(OH)–C–C–N with tert-alkyl or cyclic N) is 1. The molecule has 1 amide bonds. The van der Waals surface area contributed by atoms with Crippen molar-refractivity contribution in [3.8, 4) is 0 Å². The maximum Gasteiger partial charge on any atom is 0.250 e. The molecule has 21 heavy (non-hydrogen) atoms. The SMILES string of the molecule is NC(=O)[C@@]1(O)CCCN(S(=O)(=O)c2cccc(Cl)c2F)C1. The van der Waals surface area contributed by atoms with E-state index in [1.165, 1.54) is 12.1 Å². The van der Waals surface area contributed by atoms with Gasteiger partial charge in [0.15, 0.2) is 11.4 Å². The fourth-order valence-corrected chi connectivity index (χ4v) is 4.08. The Hall–Kier alpha value is -1.22. The van der Waals surface area contributed by atoms with Gasteiger partial charge in [0, 0.05) is 6.54 Å². The average Bonchev–Trinajstić information content (AvgIpc) is 2.41. The van der Waals surface area contributed by atoms with Crippen molar-refractivity contribution < 1.29 is 22.7 Å². The number of hydrogen-bond acceptors (Lipinski definition) is 4. The molecule has 1 fully saturated rings. The maximum atomic E-state index is 13.9. The predicted molar refractivity (Wildman–Crippen MR) is 73.5 cm³/mol. The third-order valence-corrected chi connectivity index (χ3v) is 5.58. The third-order valence-electron chi connectivity index (χ3n) is 3.43. The van der Waals surface area contributed by atoms with Gasteiger partial charge in [0.2, 0.25) is 10.0 Å². The molecule has 0 aromatic heterocycles. The third kappa shape index (κ3) is 2.89. The van der Waals surface area contributed by atoms with Crippen LogP contribution >= 0.6 is 11.6 Å². The highest BCUT2D eigenvalue weighted by Crippen LogP contribution is 2.29. The summed E-state index contributed by atoms with van der Waals surface area (Å²) in [5.74, 6) is -2.07. The maximum absolute atomic E-state index is 13.9. The molecule has 1 atom stereocenters. The first-order valence-corrected chi connectivity index (χ1v) is 7.97. The lowest BCUT2D eigenvalue weighted by atomic mass is 9.94. The standard InChI is InChI=1S/C12H14ClFN2O4S/c13-8-3-1-4-9(10(8)14)21(19,20)16-6-2-5-12(18,7-16)11(15)17/h1,3-4,18H,2,5-7H2,(H2,15,17)/t12-/m1/s1. The lowest BCUT2D eigenvalue weighted by Gasteiger charge is -2.36. The van der Waals surface area contributed by atoms with Crippen molar-refractivity contribution in [2.45, 2.75) is 23.3 Å². The van der Waals surface area contributed by atoms with Gasteiger partial charge in [0.05, 0.1) is 11.6 Å². The van der Waals surface area contributed by atoms with Gasteiger partial charge in [0.25, 0.3) is 5.91 Å². The second kappa shape index (κ2) is 5.53. The number of benzene rings is 1. The molecule has 9 heteroatoms. The summed E-state index contributed by atoms with van der Waals surface area (Å²) in [7, 11) is -4.21. The Bertz CT molecular complexity index is 682. The molecule has 1 saturated heterocycles. The largest absolute Gasteiger partial charge is 0.379 e. The minimum Gasteiger partial charge on any atom is -0.379 e. The number of carbonyl (C=O) groups is 1. The van der Waals surface area contributed by atoms with Crippen LogP contribution in [0.1, 0.15) is 12.8 Å². The number of rotatable bonds is 3. The molecule has 2 rings (SSSR count). The first kappa shape index (κ1) is 16.2. The second-order valence-corrected chi connectivity index (χ2v) is 7.20. The lowest BCUT2D eigenvalue weighted by molar-refractivity contribution is -0.139. The molecule has 0 spiro atoms. The second-order valence-electron chi connectivity index (χ2n) is 4.89. The van der Waals surface area contributed by atoms with E-state index in [1.54, 1.807) is 0 Å². The molecule has 1 aromatic carbocycles. The van der Waals surface area contributed by atoms with Crippen LogP contribution in [-0.2, 0) is 14.8 Å². The highest BCUT2D eigenvalue weighted by atomic mass is 35.5. The molecule has 0 radical (unpaired) electrons. The van der Waals surface area contributed by atoms with Crippen molar-refractivity contribution in [2.75, 3.05) is 13.1 Å². The van der Waals surface area contributed by atoms with E-state index >= 15 is 0 Å². The van der Waals surface area contributed by atoms with Crippen LogP contribution in [0.2, 0.25) is 5.02 Å². The zero-order valence-electron chi connectivity index (χ0n) is 10.9. The molecule has 0 saturated carbocycles. The van der Waals surface area contributed by atoms with E-state index in [4.69, 9.17) is 17.3 Å². The number of nitrogens with two attached hydrogens (primary N) is 1. The van der Waals surface area contributed by atoms with Gasteiger partial charge >= 0.3 is 0 Å². The quantitative estimate of drug-likeness (QED) is 0.838. The van der Waals surface area contributed by atoms with Gasteiger partial charge < -0.3 is 10.8 Å². The monoisotopic (exact) mass is 336 g/mol. The van der Waals surface area contributed by atoms with Gasteiger partial charge in [-0.25, -0.2) is 12.8 Å². The zero-order chi connectivity index (χ0) is 15.8. The number of aliphatic hydroxyl groups is 1. The molecule has 1 heterocycles. The number of halogens is 2. The van der Waals surface area contributed by atoms with Crippen LogP contribution in [0.4, 0.5) is 4.39 Å². The van der Waals surface area contributed by atoms with E-state index in [2.05, 4.69) is 0 Å². The molecule has 6 nitrogen and oxygen atoms in total. The summed E-state index contributed by atoms with van der Waals surface area (Å²) in [6.07, 6.45) is 0.299. The summed E-state index contributed by atoms with van der Waals surface area (Å²) in [4.78, 5) is 10.7. The summed E-state index contributed by atoms with van der Waals surface area (Å²) in [6.45, 7) is -0.444. The summed E-state index contributed by atoms with van der Waals surface area (Å²) in [5.41, 5.74) is 3.15. The first-order chi connectivity index (χ1) is 9.68. The molecule has 1 aliphatic heterocycles. The smallest absolute Gasteiger partial charge is 0.250 e. The van der Waals surface area contributed by atoms with E-state index < -0.39 is 38.8 Å². The Labute approximate surface area is 126 Å². The van der Waals surface area contributed by atoms with Crippen LogP contribution < -0.4 is 5.73 Å². The van der Waals surface area contributed by atoms with Crippen molar-refractivity contribution in [1.82, 2.24) is 4.31 Å². The van der Waals surface area contributed by atoms with Crippen LogP contribution in [0.25, 0.3) is 0 Å². The van der Waals surface area contributed by atoms with Gasteiger partial charge in [-0.3, -0.25) is 4.79 Å². The molecule has 116 valence electrons. The topological polar surface area (TPSA) is 101 Å². The van der Waals surface area contributed by atoms with Gasteiger partial charge in [0.1, 0.15) is 4.90 Å². The number of carbonyl (C=O) groups excluding carboxylic acids is 1. The predicted octanol–water partition coefficient (Wildman–Crippen LogP) is 0.480. The van der Waals surface area contributed by atoms with E-state index in [0.29, 0.717) is 0 Å². The van der Waals surface area contributed by atoms with Crippen molar-refractivity contribution in [2.24, 2.45) is 5.73 Å². The van der Waals surface area contributed by atoms with Crippen LogP contribution in [0.3, 0.4) is 0 Å². The molecular weight excluding hydrogens is 323 g/mol. The number of piperidine rings is 1. The molecule has 0 unspecified atom stereocenters. The van der Waals surface area contributed by atoms with Crippen molar-refractivity contribution in [1.29, 1.82) is 0 Å². The Morgan fingerprint density at radius 1 is 1.48 bits per heavy atom. The molecule has 1 aromatic rings. The summed E-state index contributed by atoms with van der Waals surface area (Å²) in [6, 6.07) is 3.61. The summed E-state index contributed by atoms with van der Waals surface area (Å²) >= 11 is 5.58. The molecule has 0 bridgehead atoms. The molecule has 0 aliphatic carbocycles. The van der Waals surface area contributed by atoms with Gasteiger partial charge in [-0.15, -0.1) is 0 Å². The summed E-state index contributed by atoms with van der Waals surface area (Å²) < 4.78 is 39.6. The van der Waals surface area contributed by atoms with E-state index in [9.17, 15) is 22.7 Å². The minimum absolute atomic E-state index is 0.0594. The highest BCUT2D eigenvalue weighted by Gasteiger charge is 2.43. The minimum atomic E-state index is -4.21. The molecule has 1 aliphatic rings. The Kier molecular flexibility index (Phi) is 4.25. The fourth-order valence-electron chi connectivity index (χ4n) is 2.23. The molecular formula is C12H14ClFN2O4S. The number of sulfonamides is 1. The Balaban J connectivity index is 2.40. The van der Waals surface area contributed by atoms with Gasteiger partial charge in [-0.2, -0.15) is 4.31 Å². The number of hydrogen-bond donors (Lipinski definition) is 2. The normalized spacial score (nSPS) is 24.0. The first-order valence-electron chi connectivity index (χ1n) is 6.15. The Morgan fingerprint density at radius 2 is 2.14 bits per heavy atom. The fraction of sp³-hybridized carbons (Fsp3) is 0.417. The van der Waals surface area contributed by atoms with Gasteiger partial charge in [-0.1, -0.05) is 17.7 Å². The van der Waals surface area contributed by atoms with E-state index in [0.717, 1.165) is 10.4 Å². The highest BCUT2D eigenvalue weighted by molar-refractivity contribution is 7.89.